The Balaban J connectivity index is 1.74. The van der Waals surface area contributed by atoms with Gasteiger partial charge in [0.05, 0.1) is 25.9 Å². The zero-order valence-electron chi connectivity index (χ0n) is 13.5. The maximum absolute atomic E-state index is 12.3. The van der Waals surface area contributed by atoms with E-state index in [-0.39, 0.29) is 11.7 Å². The molecule has 23 heavy (non-hydrogen) atoms. The zero-order valence-corrected chi connectivity index (χ0v) is 14.3. The third kappa shape index (κ3) is 4.14. The number of rotatable bonds is 5. The van der Waals surface area contributed by atoms with Crippen LogP contribution in [0.4, 0.5) is 0 Å². The number of pyridine rings is 1. The van der Waals surface area contributed by atoms with Crippen LogP contribution >= 0.6 is 11.8 Å². The van der Waals surface area contributed by atoms with Crippen molar-refractivity contribution < 1.29 is 9.47 Å². The molecule has 1 saturated heterocycles. The molecule has 1 N–H and O–H groups in total. The van der Waals surface area contributed by atoms with E-state index in [1.54, 1.807) is 11.8 Å². The van der Waals surface area contributed by atoms with Gasteiger partial charge in [0, 0.05) is 29.1 Å². The van der Waals surface area contributed by atoms with E-state index in [1.807, 2.05) is 25.4 Å². The molecule has 1 aliphatic rings. The molecule has 0 aliphatic carbocycles. The van der Waals surface area contributed by atoms with Gasteiger partial charge in [-0.1, -0.05) is 6.07 Å². The summed E-state index contributed by atoms with van der Waals surface area (Å²) in [6.07, 6.45) is 2.11. The normalized spacial score (nSPS) is 18.7. The number of nitrogens with zero attached hydrogens (tertiary/aromatic N) is 1. The smallest absolute Gasteiger partial charge is 0.252 e. The Kier molecular flexibility index (Phi) is 5.38. The SMILES string of the molecule is CSc1ccc2cc(CN(C)C[C@H]3COCCO3)c(=O)[nH]c2c1. The molecular formula is C17H22N2O3S. The minimum Gasteiger partial charge on any atom is -0.376 e. The van der Waals surface area contributed by atoms with Crippen molar-refractivity contribution in [3.8, 4) is 0 Å². The molecule has 1 aliphatic heterocycles. The summed E-state index contributed by atoms with van der Waals surface area (Å²) in [5.74, 6) is 0. The Morgan fingerprint density at radius 3 is 2.96 bits per heavy atom. The summed E-state index contributed by atoms with van der Waals surface area (Å²) in [6.45, 7) is 3.28. The Bertz CT molecular complexity index is 725. The van der Waals surface area contributed by atoms with E-state index in [2.05, 4.69) is 22.0 Å². The Morgan fingerprint density at radius 2 is 2.22 bits per heavy atom. The van der Waals surface area contributed by atoms with Crippen molar-refractivity contribution in [3.05, 3.63) is 40.2 Å². The van der Waals surface area contributed by atoms with Gasteiger partial charge in [-0.25, -0.2) is 0 Å². The number of aromatic amines is 1. The van der Waals surface area contributed by atoms with E-state index < -0.39 is 0 Å². The molecule has 0 bridgehead atoms. The maximum Gasteiger partial charge on any atom is 0.252 e. The third-order valence-corrected chi connectivity index (χ3v) is 4.70. The van der Waals surface area contributed by atoms with Crippen molar-refractivity contribution in [3.63, 3.8) is 0 Å². The Labute approximate surface area is 140 Å². The number of aromatic nitrogens is 1. The number of benzene rings is 1. The summed E-state index contributed by atoms with van der Waals surface area (Å²) in [6, 6.07) is 8.12. The highest BCUT2D eigenvalue weighted by Crippen LogP contribution is 2.20. The van der Waals surface area contributed by atoms with Crippen molar-refractivity contribution in [2.75, 3.05) is 39.7 Å². The average Bonchev–Trinajstić information content (AvgIpc) is 2.56. The second-order valence-corrected chi connectivity index (χ2v) is 6.72. The first kappa shape index (κ1) is 16.5. The minimum atomic E-state index is -0.0246. The second kappa shape index (κ2) is 7.49. The number of hydrogen-bond donors (Lipinski definition) is 1. The fourth-order valence-corrected chi connectivity index (χ4v) is 3.25. The van der Waals surface area contributed by atoms with Crippen LogP contribution in [0.2, 0.25) is 0 Å². The van der Waals surface area contributed by atoms with Gasteiger partial charge in [-0.15, -0.1) is 11.8 Å². The van der Waals surface area contributed by atoms with Crippen molar-refractivity contribution in [1.82, 2.24) is 9.88 Å². The number of fused-ring (bicyclic) bond motifs is 1. The standard InChI is InChI=1S/C17H22N2O3S/c1-19(10-14-11-21-5-6-22-14)9-13-7-12-3-4-15(23-2)8-16(12)18-17(13)20/h3-4,7-8,14H,5-6,9-11H2,1-2H3,(H,18,20)/t14-/m0/s1. The minimum absolute atomic E-state index is 0.0246. The topological polar surface area (TPSA) is 54.6 Å². The molecule has 1 aromatic carbocycles. The molecule has 0 radical (unpaired) electrons. The first-order chi connectivity index (χ1) is 11.2. The van der Waals surface area contributed by atoms with Gasteiger partial charge < -0.3 is 14.5 Å². The van der Waals surface area contributed by atoms with Gasteiger partial charge in [0.1, 0.15) is 0 Å². The average molecular weight is 334 g/mol. The van der Waals surface area contributed by atoms with Crippen LogP contribution in [0.15, 0.2) is 34.0 Å². The summed E-state index contributed by atoms with van der Waals surface area (Å²) in [4.78, 5) is 18.6. The van der Waals surface area contributed by atoms with E-state index in [1.165, 1.54) is 0 Å². The van der Waals surface area contributed by atoms with Crippen LogP contribution in [0.3, 0.4) is 0 Å². The third-order valence-electron chi connectivity index (χ3n) is 3.97. The summed E-state index contributed by atoms with van der Waals surface area (Å²) in [5.41, 5.74) is 1.63. The van der Waals surface area contributed by atoms with Gasteiger partial charge in [0.15, 0.2) is 0 Å². The van der Waals surface area contributed by atoms with Gasteiger partial charge >= 0.3 is 0 Å². The molecule has 0 saturated carbocycles. The van der Waals surface area contributed by atoms with Crippen LogP contribution < -0.4 is 5.56 Å². The molecule has 0 amide bonds. The lowest BCUT2D eigenvalue weighted by Gasteiger charge is -2.27. The van der Waals surface area contributed by atoms with E-state index in [9.17, 15) is 4.79 Å². The molecule has 1 atom stereocenters. The van der Waals surface area contributed by atoms with Crippen molar-refractivity contribution in [2.24, 2.45) is 0 Å². The summed E-state index contributed by atoms with van der Waals surface area (Å²) >= 11 is 1.67. The van der Waals surface area contributed by atoms with Crippen LogP contribution in [-0.2, 0) is 16.0 Å². The van der Waals surface area contributed by atoms with Crippen molar-refractivity contribution >= 4 is 22.7 Å². The number of nitrogens with one attached hydrogen (secondary N) is 1. The predicted octanol–water partition coefficient (Wildman–Crippen LogP) is 2.10. The van der Waals surface area contributed by atoms with Gasteiger partial charge in [-0.05, 0) is 36.9 Å². The summed E-state index contributed by atoms with van der Waals surface area (Å²) < 4.78 is 11.1. The van der Waals surface area contributed by atoms with Gasteiger partial charge in [-0.2, -0.15) is 0 Å². The predicted molar refractivity (Wildman–Crippen MR) is 93.2 cm³/mol. The van der Waals surface area contributed by atoms with Gasteiger partial charge in [0.2, 0.25) is 0 Å². The highest BCUT2D eigenvalue weighted by Gasteiger charge is 2.17. The van der Waals surface area contributed by atoms with E-state index in [0.29, 0.717) is 26.4 Å². The van der Waals surface area contributed by atoms with E-state index >= 15 is 0 Å². The fourth-order valence-electron chi connectivity index (χ4n) is 2.81. The van der Waals surface area contributed by atoms with E-state index in [0.717, 1.165) is 27.9 Å². The summed E-state index contributed by atoms with van der Waals surface area (Å²) in [5, 5.41) is 1.06. The number of likely N-dealkylation sites (N-methyl/N-ethyl adjacent to an activating group) is 1. The molecular weight excluding hydrogens is 312 g/mol. The molecule has 2 aromatic rings. The molecule has 2 heterocycles. The monoisotopic (exact) mass is 334 g/mol. The molecule has 1 aromatic heterocycles. The molecule has 124 valence electrons. The highest BCUT2D eigenvalue weighted by molar-refractivity contribution is 7.98. The number of hydrogen-bond acceptors (Lipinski definition) is 5. The highest BCUT2D eigenvalue weighted by atomic mass is 32.2. The molecule has 5 nitrogen and oxygen atoms in total. The van der Waals surface area contributed by atoms with Crippen molar-refractivity contribution in [1.29, 1.82) is 0 Å². The Hall–Kier alpha value is -1.34. The Morgan fingerprint density at radius 1 is 1.35 bits per heavy atom. The van der Waals surface area contributed by atoms with Crippen LogP contribution in [-0.4, -0.2) is 55.7 Å². The van der Waals surface area contributed by atoms with Crippen LogP contribution in [0.25, 0.3) is 10.9 Å². The largest absolute Gasteiger partial charge is 0.376 e. The van der Waals surface area contributed by atoms with Crippen LogP contribution in [0, 0.1) is 0 Å². The van der Waals surface area contributed by atoms with Crippen LogP contribution in [0.1, 0.15) is 5.56 Å². The second-order valence-electron chi connectivity index (χ2n) is 5.84. The van der Waals surface area contributed by atoms with Gasteiger partial charge in [0.25, 0.3) is 5.56 Å². The number of ether oxygens (including phenoxy) is 2. The molecule has 6 heteroatoms. The molecule has 0 spiro atoms. The van der Waals surface area contributed by atoms with E-state index in [4.69, 9.17) is 9.47 Å². The lowest BCUT2D eigenvalue weighted by molar-refractivity contribution is -0.0963. The quantitative estimate of drug-likeness (QED) is 0.849. The maximum atomic E-state index is 12.3. The molecule has 3 rings (SSSR count). The molecule has 1 fully saturated rings. The number of H-pyrrole nitrogens is 1. The first-order valence-electron chi connectivity index (χ1n) is 7.73. The summed E-state index contributed by atoms with van der Waals surface area (Å²) in [7, 11) is 2.00. The first-order valence-corrected chi connectivity index (χ1v) is 8.96. The van der Waals surface area contributed by atoms with Crippen LogP contribution in [0.5, 0.6) is 0 Å². The number of thioether (sulfide) groups is 1. The molecule has 0 unspecified atom stereocenters. The van der Waals surface area contributed by atoms with Gasteiger partial charge in [-0.3, -0.25) is 9.69 Å². The van der Waals surface area contributed by atoms with Crippen molar-refractivity contribution in [2.45, 2.75) is 17.5 Å². The lowest BCUT2D eigenvalue weighted by Crippen LogP contribution is -2.38. The lowest BCUT2D eigenvalue weighted by atomic mass is 10.1. The zero-order chi connectivity index (χ0) is 16.2. The fraction of sp³-hybridized carbons (Fsp3) is 0.471.